The van der Waals surface area contributed by atoms with E-state index >= 15 is 0 Å². The highest BCUT2D eigenvalue weighted by Gasteiger charge is 2.34. The molecule has 1 aliphatic rings. The van der Waals surface area contributed by atoms with Gasteiger partial charge >= 0.3 is 6.61 Å². The zero-order valence-electron chi connectivity index (χ0n) is 12.6. The van der Waals surface area contributed by atoms with Gasteiger partial charge in [0.25, 0.3) is 5.91 Å². The molecule has 0 unspecified atom stereocenters. The minimum atomic E-state index is -2.96. The van der Waals surface area contributed by atoms with Crippen LogP contribution in [0.25, 0.3) is 0 Å². The fourth-order valence-corrected chi connectivity index (χ4v) is 2.82. The predicted octanol–water partition coefficient (Wildman–Crippen LogP) is 2.91. The lowest BCUT2D eigenvalue weighted by molar-refractivity contribution is -0.0503. The monoisotopic (exact) mass is 313 g/mol. The molecular weight excluding hydrogens is 292 g/mol. The zero-order chi connectivity index (χ0) is 16.2. The molecule has 0 bridgehead atoms. The number of piperidine rings is 1. The van der Waals surface area contributed by atoms with Crippen LogP contribution in [0.3, 0.4) is 0 Å². The predicted molar refractivity (Wildman–Crippen MR) is 78.0 cm³/mol. The van der Waals surface area contributed by atoms with Crippen molar-refractivity contribution in [3.05, 3.63) is 29.8 Å². The lowest BCUT2D eigenvalue weighted by atomic mass is 9.77. The second-order valence-electron chi connectivity index (χ2n) is 5.68. The number of amides is 1. The van der Waals surface area contributed by atoms with Gasteiger partial charge in [-0.3, -0.25) is 4.79 Å². The summed E-state index contributed by atoms with van der Waals surface area (Å²) in [6.45, 7) is 0.195. The molecular formula is C16H21F2NO3. The topological polar surface area (TPSA) is 49.8 Å². The van der Waals surface area contributed by atoms with E-state index in [0.29, 0.717) is 25.9 Å². The lowest BCUT2D eigenvalue weighted by Crippen LogP contribution is -2.44. The molecule has 6 heteroatoms. The molecule has 1 aliphatic heterocycles. The van der Waals surface area contributed by atoms with Crippen molar-refractivity contribution >= 4 is 5.91 Å². The molecule has 1 aromatic carbocycles. The first kappa shape index (κ1) is 16.7. The second kappa shape index (κ2) is 7.05. The summed E-state index contributed by atoms with van der Waals surface area (Å²) < 4.78 is 29.3. The first-order valence-corrected chi connectivity index (χ1v) is 7.45. The van der Waals surface area contributed by atoms with E-state index in [0.717, 1.165) is 6.42 Å². The molecule has 1 fully saturated rings. The van der Waals surface area contributed by atoms with Gasteiger partial charge in [0, 0.05) is 19.7 Å². The lowest BCUT2D eigenvalue weighted by Gasteiger charge is -2.40. The van der Waals surface area contributed by atoms with Gasteiger partial charge in [-0.1, -0.05) is 19.1 Å². The number of likely N-dealkylation sites (tertiary alicyclic amines) is 1. The van der Waals surface area contributed by atoms with Crippen LogP contribution < -0.4 is 4.74 Å². The summed E-state index contributed by atoms with van der Waals surface area (Å²) in [5, 5.41) is 9.52. The smallest absolute Gasteiger partial charge is 0.387 e. The Balaban J connectivity index is 2.10. The summed E-state index contributed by atoms with van der Waals surface area (Å²) in [5.41, 5.74) is 0.0197. The molecule has 1 amide bonds. The minimum Gasteiger partial charge on any atom is -0.434 e. The van der Waals surface area contributed by atoms with Gasteiger partial charge in [0.1, 0.15) is 5.75 Å². The number of nitrogens with zero attached hydrogens (tertiary/aromatic N) is 1. The molecule has 4 nitrogen and oxygen atoms in total. The average molecular weight is 313 g/mol. The Hall–Kier alpha value is -1.69. The van der Waals surface area contributed by atoms with Gasteiger partial charge in [0.2, 0.25) is 0 Å². The van der Waals surface area contributed by atoms with E-state index in [1.54, 1.807) is 17.0 Å². The number of ether oxygens (including phenoxy) is 1. The average Bonchev–Trinajstić information content (AvgIpc) is 2.54. The molecule has 0 saturated carbocycles. The Morgan fingerprint density at radius 1 is 1.36 bits per heavy atom. The standard InChI is InChI=1S/C16H21F2NO3/c1-2-16(11-20)7-9-19(10-8-16)14(21)12-5-3-4-6-13(12)22-15(17)18/h3-6,15,20H,2,7-11H2,1H3. The molecule has 0 aliphatic carbocycles. The number of alkyl halides is 2. The van der Waals surface area contributed by atoms with E-state index in [9.17, 15) is 18.7 Å². The molecule has 0 atom stereocenters. The van der Waals surface area contributed by atoms with Gasteiger partial charge in [-0.05, 0) is 36.8 Å². The normalized spacial score (nSPS) is 17.6. The number of hydrogen-bond donors (Lipinski definition) is 1. The minimum absolute atomic E-state index is 0.100. The molecule has 0 spiro atoms. The summed E-state index contributed by atoms with van der Waals surface area (Å²) in [5.74, 6) is -0.407. The molecule has 22 heavy (non-hydrogen) atoms. The second-order valence-corrected chi connectivity index (χ2v) is 5.68. The number of aliphatic hydroxyl groups excluding tert-OH is 1. The van der Waals surface area contributed by atoms with Crippen molar-refractivity contribution in [3.8, 4) is 5.75 Å². The summed E-state index contributed by atoms with van der Waals surface area (Å²) in [6.07, 6.45) is 2.28. The number of benzene rings is 1. The largest absolute Gasteiger partial charge is 0.434 e. The highest BCUT2D eigenvalue weighted by Crippen LogP contribution is 2.35. The third kappa shape index (κ3) is 3.55. The highest BCUT2D eigenvalue weighted by atomic mass is 19.3. The Morgan fingerprint density at radius 2 is 2.00 bits per heavy atom. The number of para-hydroxylation sites is 1. The summed E-state index contributed by atoms with van der Waals surface area (Å²) >= 11 is 0. The molecule has 1 aromatic rings. The van der Waals surface area contributed by atoms with Crippen LogP contribution in [0, 0.1) is 5.41 Å². The number of rotatable bonds is 5. The fraction of sp³-hybridized carbons (Fsp3) is 0.562. The van der Waals surface area contributed by atoms with E-state index in [1.165, 1.54) is 12.1 Å². The van der Waals surface area contributed by atoms with Crippen molar-refractivity contribution < 1.29 is 23.4 Å². The number of carbonyl (C=O) groups is 1. The Bertz CT molecular complexity index is 508. The third-order valence-corrected chi connectivity index (χ3v) is 4.53. The van der Waals surface area contributed by atoms with Crippen molar-refractivity contribution in [2.45, 2.75) is 32.8 Å². The maximum Gasteiger partial charge on any atom is 0.387 e. The van der Waals surface area contributed by atoms with E-state index in [-0.39, 0.29) is 29.2 Å². The summed E-state index contributed by atoms with van der Waals surface area (Å²) in [7, 11) is 0. The van der Waals surface area contributed by atoms with Gasteiger partial charge in [-0.2, -0.15) is 8.78 Å². The van der Waals surface area contributed by atoms with Crippen LogP contribution >= 0.6 is 0 Å². The van der Waals surface area contributed by atoms with Gasteiger partial charge in [0.15, 0.2) is 0 Å². The van der Waals surface area contributed by atoms with Gasteiger partial charge in [-0.25, -0.2) is 0 Å². The SMILES string of the molecule is CCC1(CO)CCN(C(=O)c2ccccc2OC(F)F)CC1. The van der Waals surface area contributed by atoms with E-state index < -0.39 is 6.61 Å². The van der Waals surface area contributed by atoms with E-state index in [1.807, 2.05) is 6.92 Å². The van der Waals surface area contributed by atoms with Crippen LogP contribution in [0.2, 0.25) is 0 Å². The Kier molecular flexibility index (Phi) is 5.34. The molecule has 0 radical (unpaired) electrons. The van der Waals surface area contributed by atoms with Crippen LogP contribution in [0.15, 0.2) is 24.3 Å². The Morgan fingerprint density at radius 3 is 2.55 bits per heavy atom. The molecule has 0 aromatic heterocycles. The number of hydrogen-bond acceptors (Lipinski definition) is 3. The fourth-order valence-electron chi connectivity index (χ4n) is 2.82. The maximum absolute atomic E-state index is 12.5. The van der Waals surface area contributed by atoms with E-state index in [4.69, 9.17) is 0 Å². The highest BCUT2D eigenvalue weighted by molar-refractivity contribution is 5.97. The number of halogens is 2. The van der Waals surface area contributed by atoms with Gasteiger partial charge < -0.3 is 14.7 Å². The quantitative estimate of drug-likeness (QED) is 0.909. The number of aliphatic hydroxyl groups is 1. The van der Waals surface area contributed by atoms with Gasteiger partial charge in [-0.15, -0.1) is 0 Å². The summed E-state index contributed by atoms with van der Waals surface area (Å²) in [4.78, 5) is 14.2. The summed E-state index contributed by atoms with van der Waals surface area (Å²) in [6, 6.07) is 6.04. The first-order valence-electron chi connectivity index (χ1n) is 7.45. The zero-order valence-corrected chi connectivity index (χ0v) is 12.6. The van der Waals surface area contributed by atoms with Crippen LogP contribution in [0.5, 0.6) is 5.75 Å². The van der Waals surface area contributed by atoms with Crippen LogP contribution in [-0.2, 0) is 0 Å². The van der Waals surface area contributed by atoms with Crippen LogP contribution in [-0.4, -0.2) is 42.2 Å². The van der Waals surface area contributed by atoms with Crippen molar-refractivity contribution in [3.63, 3.8) is 0 Å². The Labute approximate surface area is 128 Å². The van der Waals surface area contributed by atoms with E-state index in [2.05, 4.69) is 4.74 Å². The number of carbonyl (C=O) groups excluding carboxylic acids is 1. The maximum atomic E-state index is 12.5. The van der Waals surface area contributed by atoms with Crippen LogP contribution in [0.1, 0.15) is 36.5 Å². The van der Waals surface area contributed by atoms with Crippen LogP contribution in [0.4, 0.5) is 8.78 Å². The third-order valence-electron chi connectivity index (χ3n) is 4.53. The molecule has 2 rings (SSSR count). The van der Waals surface area contributed by atoms with Crippen molar-refractivity contribution in [2.24, 2.45) is 5.41 Å². The van der Waals surface area contributed by atoms with Crippen molar-refractivity contribution in [2.75, 3.05) is 19.7 Å². The molecule has 1 saturated heterocycles. The van der Waals surface area contributed by atoms with Crippen molar-refractivity contribution in [1.82, 2.24) is 4.90 Å². The van der Waals surface area contributed by atoms with Gasteiger partial charge in [0.05, 0.1) is 5.56 Å². The molecule has 1 heterocycles. The molecule has 1 N–H and O–H groups in total. The molecule has 122 valence electrons. The first-order chi connectivity index (χ1) is 10.5. The van der Waals surface area contributed by atoms with Crippen molar-refractivity contribution in [1.29, 1.82) is 0 Å².